The lowest BCUT2D eigenvalue weighted by Gasteiger charge is -2.21. The van der Waals surface area contributed by atoms with Crippen molar-refractivity contribution in [1.82, 2.24) is 0 Å². The van der Waals surface area contributed by atoms with E-state index in [0.717, 1.165) is 5.92 Å². The number of benzene rings is 2. The van der Waals surface area contributed by atoms with Gasteiger partial charge in [-0.25, -0.2) is 0 Å². The predicted molar refractivity (Wildman–Crippen MR) is 115 cm³/mol. The van der Waals surface area contributed by atoms with Crippen LogP contribution in [0.3, 0.4) is 0 Å². The predicted octanol–water partition coefficient (Wildman–Crippen LogP) is 8.07. The molecule has 3 rings (SSSR count). The number of aryl methyl sites for hydroxylation is 1. The lowest BCUT2D eigenvalue weighted by molar-refractivity contribution is 0.445. The summed E-state index contributed by atoms with van der Waals surface area (Å²) in [6, 6.07) is 18.4. The van der Waals surface area contributed by atoms with Crippen LogP contribution in [0, 0.1) is 5.92 Å². The van der Waals surface area contributed by atoms with Gasteiger partial charge < -0.3 is 0 Å². The molecule has 138 valence electrons. The molecular weight excluding hydrogens is 312 g/mol. The summed E-state index contributed by atoms with van der Waals surface area (Å²) in [6.45, 7) is 4.56. The Hall–Kier alpha value is -1.82. The first kappa shape index (κ1) is 19.0. The standard InChI is InChI=1S/C26H34/c1-3-5-6-8-22-11-15-24(16-12-22)26-19-17-25(18-20-26)23-13-9-21(7-4-2)10-14-23/h11-13,15-21H,3-10,14H2,1-2H3. The van der Waals surface area contributed by atoms with Crippen molar-refractivity contribution in [2.24, 2.45) is 5.92 Å². The quantitative estimate of drug-likeness (QED) is 0.424. The molecule has 1 aliphatic carbocycles. The summed E-state index contributed by atoms with van der Waals surface area (Å²) >= 11 is 0. The van der Waals surface area contributed by atoms with Gasteiger partial charge in [-0.15, -0.1) is 0 Å². The molecular formula is C26H34. The number of allylic oxidation sites excluding steroid dienone is 2. The molecule has 2 aromatic rings. The van der Waals surface area contributed by atoms with E-state index in [-0.39, 0.29) is 0 Å². The number of hydrogen-bond donors (Lipinski definition) is 0. The molecule has 26 heavy (non-hydrogen) atoms. The first-order valence-electron chi connectivity index (χ1n) is 10.7. The van der Waals surface area contributed by atoms with Crippen molar-refractivity contribution >= 4 is 5.57 Å². The Morgan fingerprint density at radius 3 is 2.00 bits per heavy atom. The maximum atomic E-state index is 2.49. The van der Waals surface area contributed by atoms with Gasteiger partial charge in [0.25, 0.3) is 0 Å². The summed E-state index contributed by atoms with van der Waals surface area (Å²) in [5.74, 6) is 0.916. The highest BCUT2D eigenvalue weighted by Crippen LogP contribution is 2.33. The summed E-state index contributed by atoms with van der Waals surface area (Å²) < 4.78 is 0. The van der Waals surface area contributed by atoms with Crippen LogP contribution < -0.4 is 0 Å². The zero-order valence-electron chi connectivity index (χ0n) is 16.6. The second kappa shape index (κ2) is 9.76. The fraction of sp³-hybridized carbons (Fsp3) is 0.462. The van der Waals surface area contributed by atoms with E-state index in [2.05, 4.69) is 68.5 Å². The van der Waals surface area contributed by atoms with Gasteiger partial charge in [-0.1, -0.05) is 94.1 Å². The van der Waals surface area contributed by atoms with Crippen molar-refractivity contribution < 1.29 is 0 Å². The summed E-state index contributed by atoms with van der Waals surface area (Å²) in [4.78, 5) is 0. The van der Waals surface area contributed by atoms with E-state index in [1.165, 1.54) is 80.0 Å². The van der Waals surface area contributed by atoms with Gasteiger partial charge in [0, 0.05) is 0 Å². The van der Waals surface area contributed by atoms with Gasteiger partial charge in [0.15, 0.2) is 0 Å². The molecule has 0 aromatic heterocycles. The summed E-state index contributed by atoms with van der Waals surface area (Å²) in [5, 5.41) is 0. The number of hydrogen-bond acceptors (Lipinski definition) is 0. The van der Waals surface area contributed by atoms with Gasteiger partial charge >= 0.3 is 0 Å². The van der Waals surface area contributed by atoms with Crippen molar-refractivity contribution in [2.45, 2.75) is 71.6 Å². The molecule has 0 amide bonds. The monoisotopic (exact) mass is 346 g/mol. The molecule has 2 aromatic carbocycles. The molecule has 1 unspecified atom stereocenters. The molecule has 0 saturated carbocycles. The Bertz CT molecular complexity index is 688. The molecule has 0 saturated heterocycles. The van der Waals surface area contributed by atoms with Crippen molar-refractivity contribution in [1.29, 1.82) is 0 Å². The first-order chi connectivity index (χ1) is 12.8. The van der Waals surface area contributed by atoms with Gasteiger partial charge in [0.1, 0.15) is 0 Å². The Balaban J connectivity index is 1.62. The molecule has 0 spiro atoms. The fourth-order valence-electron chi connectivity index (χ4n) is 4.14. The first-order valence-corrected chi connectivity index (χ1v) is 10.7. The van der Waals surface area contributed by atoms with E-state index < -0.39 is 0 Å². The van der Waals surface area contributed by atoms with Crippen LogP contribution in [0.1, 0.15) is 76.3 Å². The second-order valence-corrected chi connectivity index (χ2v) is 7.89. The molecule has 0 aliphatic heterocycles. The molecule has 1 atom stereocenters. The summed E-state index contributed by atoms with van der Waals surface area (Å²) in [5.41, 5.74) is 7.09. The Kier molecular flexibility index (Phi) is 7.12. The highest BCUT2D eigenvalue weighted by Gasteiger charge is 2.14. The zero-order chi connectivity index (χ0) is 18.2. The molecule has 0 nitrogen and oxygen atoms in total. The lowest BCUT2D eigenvalue weighted by atomic mass is 9.84. The van der Waals surface area contributed by atoms with Crippen molar-refractivity contribution in [3.05, 3.63) is 65.7 Å². The molecule has 0 heteroatoms. The second-order valence-electron chi connectivity index (χ2n) is 7.89. The molecule has 0 heterocycles. The largest absolute Gasteiger partial charge is 0.0804 e. The average molecular weight is 347 g/mol. The van der Waals surface area contributed by atoms with Crippen LogP contribution in [0.25, 0.3) is 16.7 Å². The van der Waals surface area contributed by atoms with Crippen LogP contribution in [-0.2, 0) is 6.42 Å². The van der Waals surface area contributed by atoms with Crippen molar-refractivity contribution in [2.75, 3.05) is 0 Å². The van der Waals surface area contributed by atoms with Gasteiger partial charge in [-0.2, -0.15) is 0 Å². The number of rotatable bonds is 8. The van der Waals surface area contributed by atoms with Gasteiger partial charge in [-0.3, -0.25) is 0 Å². The minimum Gasteiger partial charge on any atom is -0.0804 e. The van der Waals surface area contributed by atoms with E-state index >= 15 is 0 Å². The fourth-order valence-corrected chi connectivity index (χ4v) is 4.14. The van der Waals surface area contributed by atoms with Crippen LogP contribution in [0.2, 0.25) is 0 Å². The maximum absolute atomic E-state index is 2.49. The maximum Gasteiger partial charge on any atom is -0.0184 e. The van der Waals surface area contributed by atoms with Crippen molar-refractivity contribution in [3.8, 4) is 11.1 Å². The summed E-state index contributed by atoms with van der Waals surface area (Å²) in [6.07, 6.45) is 14.2. The van der Waals surface area contributed by atoms with Crippen LogP contribution in [0.4, 0.5) is 0 Å². The van der Waals surface area contributed by atoms with Crippen LogP contribution in [0.15, 0.2) is 54.6 Å². The third-order valence-corrected chi connectivity index (χ3v) is 5.83. The van der Waals surface area contributed by atoms with Crippen LogP contribution >= 0.6 is 0 Å². The van der Waals surface area contributed by atoms with Crippen LogP contribution in [0.5, 0.6) is 0 Å². The van der Waals surface area contributed by atoms with E-state index in [4.69, 9.17) is 0 Å². The lowest BCUT2D eigenvalue weighted by Crippen LogP contribution is -2.04. The minimum atomic E-state index is 0.916. The van der Waals surface area contributed by atoms with Gasteiger partial charge in [-0.05, 0) is 65.8 Å². The third-order valence-electron chi connectivity index (χ3n) is 5.83. The Labute approximate surface area is 160 Å². The Morgan fingerprint density at radius 1 is 0.769 bits per heavy atom. The normalized spacial score (nSPS) is 17.2. The SMILES string of the molecule is CCCCCc1ccc(-c2ccc(C3=CCC(CCC)CC3)cc2)cc1. The Morgan fingerprint density at radius 2 is 1.42 bits per heavy atom. The topological polar surface area (TPSA) is 0 Å². The smallest absolute Gasteiger partial charge is 0.0184 e. The highest BCUT2D eigenvalue weighted by atomic mass is 14.2. The molecule has 0 radical (unpaired) electrons. The average Bonchev–Trinajstić information content (AvgIpc) is 2.70. The zero-order valence-corrected chi connectivity index (χ0v) is 16.6. The third kappa shape index (κ3) is 5.10. The van der Waals surface area contributed by atoms with Gasteiger partial charge in [0.05, 0.1) is 0 Å². The molecule has 1 aliphatic rings. The van der Waals surface area contributed by atoms with E-state index in [9.17, 15) is 0 Å². The minimum absolute atomic E-state index is 0.916. The van der Waals surface area contributed by atoms with Crippen LogP contribution in [-0.4, -0.2) is 0 Å². The number of unbranched alkanes of at least 4 members (excludes halogenated alkanes) is 2. The van der Waals surface area contributed by atoms with E-state index in [1.807, 2.05) is 0 Å². The molecule has 0 N–H and O–H groups in total. The highest BCUT2D eigenvalue weighted by molar-refractivity contribution is 5.71. The van der Waals surface area contributed by atoms with E-state index in [1.54, 1.807) is 5.57 Å². The van der Waals surface area contributed by atoms with Crippen molar-refractivity contribution in [3.63, 3.8) is 0 Å². The molecule has 0 fully saturated rings. The van der Waals surface area contributed by atoms with E-state index in [0.29, 0.717) is 0 Å². The summed E-state index contributed by atoms with van der Waals surface area (Å²) in [7, 11) is 0. The van der Waals surface area contributed by atoms with Gasteiger partial charge in [0.2, 0.25) is 0 Å². The molecule has 0 bridgehead atoms.